The van der Waals surface area contributed by atoms with E-state index in [4.69, 9.17) is 0 Å². The molecular formula is C21H24FN3O. The summed E-state index contributed by atoms with van der Waals surface area (Å²) in [5.74, 6) is -0.112. The van der Waals surface area contributed by atoms with Crippen molar-refractivity contribution in [3.63, 3.8) is 0 Å². The number of halogens is 1. The highest BCUT2D eigenvalue weighted by Gasteiger charge is 2.17. The van der Waals surface area contributed by atoms with Gasteiger partial charge in [-0.1, -0.05) is 19.9 Å². The quantitative estimate of drug-likeness (QED) is 0.705. The number of carbonyl (C=O) groups is 1. The molecule has 5 heteroatoms. The SMILES string of the molecule is CNc1ccc(-c2cc(C(C)C)cc3[nH]c(C(=O)N(C)C)cc23)c(F)c1. The standard InChI is InChI=1S/C21H24FN3O/c1-12(2)13-8-16(15-7-6-14(23-3)10-18(15)22)17-11-20(21(26)25(4)5)24-19(17)9-13/h6-12,23-24H,1-5H3. The van der Waals surface area contributed by atoms with Gasteiger partial charge in [0.15, 0.2) is 0 Å². The molecule has 1 aromatic heterocycles. The molecule has 2 N–H and O–H groups in total. The van der Waals surface area contributed by atoms with Crippen LogP contribution in [0.4, 0.5) is 10.1 Å². The van der Waals surface area contributed by atoms with Gasteiger partial charge in [-0.25, -0.2) is 4.39 Å². The summed E-state index contributed by atoms with van der Waals surface area (Å²) in [6.07, 6.45) is 0. The van der Waals surface area contributed by atoms with Crippen molar-refractivity contribution in [3.8, 4) is 11.1 Å². The number of anilines is 1. The van der Waals surface area contributed by atoms with Crippen molar-refractivity contribution in [1.82, 2.24) is 9.88 Å². The second-order valence-electron chi connectivity index (χ2n) is 7.01. The summed E-state index contributed by atoms with van der Waals surface area (Å²) >= 11 is 0. The van der Waals surface area contributed by atoms with Crippen LogP contribution in [0, 0.1) is 5.82 Å². The third-order valence-electron chi connectivity index (χ3n) is 4.61. The number of fused-ring (bicyclic) bond motifs is 1. The molecule has 1 heterocycles. The number of amides is 1. The number of H-pyrrole nitrogens is 1. The Morgan fingerprint density at radius 3 is 2.42 bits per heavy atom. The lowest BCUT2D eigenvalue weighted by molar-refractivity contribution is 0.0823. The van der Waals surface area contributed by atoms with Gasteiger partial charge in [0, 0.05) is 43.3 Å². The Bertz CT molecular complexity index is 973. The van der Waals surface area contributed by atoms with Gasteiger partial charge in [-0.3, -0.25) is 4.79 Å². The maximum atomic E-state index is 14.8. The molecule has 0 spiro atoms. The first kappa shape index (κ1) is 18.0. The van der Waals surface area contributed by atoms with Crippen molar-refractivity contribution in [1.29, 1.82) is 0 Å². The fraction of sp³-hybridized carbons (Fsp3) is 0.286. The third-order valence-corrected chi connectivity index (χ3v) is 4.61. The van der Waals surface area contributed by atoms with Crippen LogP contribution in [0.1, 0.15) is 35.8 Å². The van der Waals surface area contributed by atoms with Crippen LogP contribution in [0.15, 0.2) is 36.4 Å². The van der Waals surface area contributed by atoms with Crippen LogP contribution < -0.4 is 5.32 Å². The molecule has 0 aliphatic carbocycles. The number of nitrogens with zero attached hydrogens (tertiary/aromatic N) is 1. The van der Waals surface area contributed by atoms with E-state index in [1.807, 2.05) is 24.3 Å². The average molecular weight is 353 g/mol. The van der Waals surface area contributed by atoms with Crippen molar-refractivity contribution in [2.24, 2.45) is 0 Å². The number of aromatic amines is 1. The summed E-state index contributed by atoms with van der Waals surface area (Å²) in [5, 5.41) is 3.79. The Labute approximate surface area is 153 Å². The van der Waals surface area contributed by atoms with E-state index < -0.39 is 0 Å². The van der Waals surface area contributed by atoms with Crippen LogP contribution >= 0.6 is 0 Å². The fourth-order valence-electron chi connectivity index (χ4n) is 3.06. The van der Waals surface area contributed by atoms with Crippen molar-refractivity contribution in [2.45, 2.75) is 19.8 Å². The Morgan fingerprint density at radius 2 is 1.85 bits per heavy atom. The lowest BCUT2D eigenvalue weighted by Gasteiger charge is -2.12. The molecule has 0 aliphatic heterocycles. The summed E-state index contributed by atoms with van der Waals surface area (Å²) in [4.78, 5) is 17.1. The highest BCUT2D eigenvalue weighted by Crippen LogP contribution is 2.35. The van der Waals surface area contributed by atoms with Gasteiger partial charge in [0.25, 0.3) is 5.91 Å². The number of benzene rings is 2. The maximum absolute atomic E-state index is 14.8. The molecule has 136 valence electrons. The molecule has 0 radical (unpaired) electrons. The first-order valence-corrected chi connectivity index (χ1v) is 8.67. The van der Waals surface area contributed by atoms with Gasteiger partial charge < -0.3 is 15.2 Å². The lowest BCUT2D eigenvalue weighted by Crippen LogP contribution is -2.21. The van der Waals surface area contributed by atoms with Gasteiger partial charge >= 0.3 is 0 Å². The number of hydrogen-bond acceptors (Lipinski definition) is 2. The minimum Gasteiger partial charge on any atom is -0.388 e. The highest BCUT2D eigenvalue weighted by atomic mass is 19.1. The first-order valence-electron chi connectivity index (χ1n) is 8.67. The Balaban J connectivity index is 2.27. The molecule has 1 amide bonds. The van der Waals surface area contributed by atoms with Gasteiger partial charge in [0.2, 0.25) is 0 Å². The van der Waals surface area contributed by atoms with Gasteiger partial charge in [0.1, 0.15) is 11.5 Å². The molecular weight excluding hydrogens is 329 g/mol. The summed E-state index contributed by atoms with van der Waals surface area (Å²) in [6, 6.07) is 11.0. The molecule has 0 atom stereocenters. The molecule has 0 bridgehead atoms. The third kappa shape index (κ3) is 3.17. The summed E-state index contributed by atoms with van der Waals surface area (Å²) < 4.78 is 14.8. The molecule has 2 aromatic carbocycles. The zero-order chi connectivity index (χ0) is 19.0. The van der Waals surface area contributed by atoms with Crippen molar-refractivity contribution >= 4 is 22.5 Å². The number of rotatable bonds is 4. The van der Waals surface area contributed by atoms with Crippen molar-refractivity contribution < 1.29 is 9.18 Å². The lowest BCUT2D eigenvalue weighted by atomic mass is 9.94. The number of nitrogens with one attached hydrogen (secondary N) is 2. The van der Waals surface area contributed by atoms with Crippen LogP contribution in [0.25, 0.3) is 22.0 Å². The Hall–Kier alpha value is -2.82. The van der Waals surface area contributed by atoms with E-state index in [-0.39, 0.29) is 17.6 Å². The Kier molecular flexibility index (Phi) is 4.72. The number of hydrogen-bond donors (Lipinski definition) is 2. The smallest absolute Gasteiger partial charge is 0.269 e. The van der Waals surface area contributed by atoms with Crippen LogP contribution in [0.3, 0.4) is 0 Å². The molecule has 3 rings (SSSR count). The zero-order valence-electron chi connectivity index (χ0n) is 15.8. The van der Waals surface area contributed by atoms with Crippen molar-refractivity contribution in [2.75, 3.05) is 26.5 Å². The summed E-state index contributed by atoms with van der Waals surface area (Å²) in [5.41, 5.74) is 4.48. The molecule has 0 saturated heterocycles. The van der Waals surface area contributed by atoms with E-state index in [1.54, 1.807) is 27.2 Å². The zero-order valence-corrected chi connectivity index (χ0v) is 15.8. The van der Waals surface area contributed by atoms with E-state index in [9.17, 15) is 9.18 Å². The van der Waals surface area contributed by atoms with Gasteiger partial charge in [-0.15, -0.1) is 0 Å². The minimum atomic E-state index is -0.291. The normalized spacial score (nSPS) is 11.2. The molecule has 4 nitrogen and oxygen atoms in total. The predicted molar refractivity (Wildman–Crippen MR) is 105 cm³/mol. The van der Waals surface area contributed by atoms with E-state index in [2.05, 4.69) is 24.1 Å². The molecule has 0 fully saturated rings. The predicted octanol–water partition coefficient (Wildman–Crippen LogP) is 4.84. The average Bonchev–Trinajstić information content (AvgIpc) is 3.04. The molecule has 0 saturated carbocycles. The summed E-state index contributed by atoms with van der Waals surface area (Å²) in [7, 11) is 5.19. The van der Waals surface area contributed by atoms with Gasteiger partial charge in [-0.2, -0.15) is 0 Å². The monoisotopic (exact) mass is 353 g/mol. The Morgan fingerprint density at radius 1 is 1.12 bits per heavy atom. The minimum absolute atomic E-state index is 0.107. The molecule has 3 aromatic rings. The van der Waals surface area contributed by atoms with Crippen LogP contribution in [-0.4, -0.2) is 36.9 Å². The molecule has 26 heavy (non-hydrogen) atoms. The fourth-order valence-corrected chi connectivity index (χ4v) is 3.06. The van der Waals surface area contributed by atoms with E-state index in [1.165, 1.54) is 11.0 Å². The van der Waals surface area contributed by atoms with Gasteiger partial charge in [0.05, 0.1) is 0 Å². The van der Waals surface area contributed by atoms with Crippen molar-refractivity contribution in [3.05, 3.63) is 53.5 Å². The number of aromatic nitrogens is 1. The highest BCUT2D eigenvalue weighted by molar-refractivity contribution is 6.03. The second kappa shape index (κ2) is 6.83. The van der Waals surface area contributed by atoms with Crippen LogP contribution in [0.5, 0.6) is 0 Å². The topological polar surface area (TPSA) is 48.1 Å². The van der Waals surface area contributed by atoms with Gasteiger partial charge in [-0.05, 0) is 47.4 Å². The maximum Gasteiger partial charge on any atom is 0.269 e. The van der Waals surface area contributed by atoms with E-state index >= 15 is 0 Å². The van der Waals surface area contributed by atoms with Crippen LogP contribution in [-0.2, 0) is 0 Å². The largest absolute Gasteiger partial charge is 0.388 e. The van der Waals surface area contributed by atoms with Crippen LogP contribution in [0.2, 0.25) is 0 Å². The van der Waals surface area contributed by atoms with E-state index in [0.29, 0.717) is 11.3 Å². The summed E-state index contributed by atoms with van der Waals surface area (Å²) in [6.45, 7) is 4.19. The molecule has 0 aliphatic rings. The van der Waals surface area contributed by atoms with E-state index in [0.717, 1.165) is 27.7 Å². The second-order valence-corrected chi connectivity index (χ2v) is 7.01. The number of carbonyl (C=O) groups excluding carboxylic acids is 1. The first-order chi connectivity index (χ1) is 12.3. The molecule has 0 unspecified atom stereocenters.